The van der Waals surface area contributed by atoms with Gasteiger partial charge in [-0.15, -0.1) is 0 Å². The number of sulfone groups is 1. The van der Waals surface area contributed by atoms with E-state index in [1.54, 1.807) is 29.2 Å². The molecule has 0 radical (unpaired) electrons. The Morgan fingerprint density at radius 3 is 2.52 bits per heavy atom. The van der Waals surface area contributed by atoms with E-state index in [1.807, 2.05) is 31.2 Å². The van der Waals surface area contributed by atoms with Crippen molar-refractivity contribution in [1.29, 1.82) is 0 Å². The van der Waals surface area contributed by atoms with Gasteiger partial charge < -0.3 is 4.90 Å². The van der Waals surface area contributed by atoms with Crippen molar-refractivity contribution < 1.29 is 13.2 Å². The zero-order valence-electron chi connectivity index (χ0n) is 14.0. The molecule has 2 aromatic carbocycles. The molecular weight excluding hydrogens is 358 g/mol. The van der Waals surface area contributed by atoms with E-state index >= 15 is 0 Å². The monoisotopic (exact) mass is 377 g/mol. The molecule has 0 saturated carbocycles. The Kier molecular flexibility index (Phi) is 5.16. The molecule has 0 spiro atoms. The Morgan fingerprint density at radius 1 is 1.20 bits per heavy atom. The predicted molar refractivity (Wildman–Crippen MR) is 99.6 cm³/mol. The van der Waals surface area contributed by atoms with Crippen molar-refractivity contribution >= 4 is 27.3 Å². The first-order valence-corrected chi connectivity index (χ1v) is 10.4. The summed E-state index contributed by atoms with van der Waals surface area (Å²) in [6, 6.07) is 14.3. The summed E-state index contributed by atoms with van der Waals surface area (Å²) < 4.78 is 23.8. The highest BCUT2D eigenvalue weighted by atomic mass is 35.5. The molecule has 132 valence electrons. The number of hydrogen-bond donors (Lipinski definition) is 0. The number of carbonyl (C=O) groups is 1. The maximum Gasteiger partial charge on any atom is 0.254 e. The summed E-state index contributed by atoms with van der Waals surface area (Å²) in [5.41, 5.74) is 2.52. The van der Waals surface area contributed by atoms with Gasteiger partial charge in [0.25, 0.3) is 5.91 Å². The Labute approximate surface area is 153 Å². The summed E-state index contributed by atoms with van der Waals surface area (Å²) in [5.74, 6) is -0.00199. The highest BCUT2D eigenvalue weighted by Crippen LogP contribution is 2.23. The fourth-order valence-electron chi connectivity index (χ4n) is 3.08. The number of rotatable bonds is 4. The van der Waals surface area contributed by atoms with Gasteiger partial charge in [0.15, 0.2) is 9.84 Å². The summed E-state index contributed by atoms with van der Waals surface area (Å²) in [7, 11) is -3.08. The minimum atomic E-state index is -3.08. The van der Waals surface area contributed by atoms with E-state index in [9.17, 15) is 13.2 Å². The van der Waals surface area contributed by atoms with Crippen molar-refractivity contribution in [3.63, 3.8) is 0 Å². The van der Waals surface area contributed by atoms with Gasteiger partial charge in [-0.1, -0.05) is 41.4 Å². The van der Waals surface area contributed by atoms with Crippen LogP contribution in [0.3, 0.4) is 0 Å². The van der Waals surface area contributed by atoms with E-state index in [1.165, 1.54) is 0 Å². The molecule has 6 heteroatoms. The van der Waals surface area contributed by atoms with E-state index < -0.39 is 9.84 Å². The minimum Gasteiger partial charge on any atom is -0.330 e. The number of halogens is 1. The van der Waals surface area contributed by atoms with Gasteiger partial charge in [-0.3, -0.25) is 4.79 Å². The SMILES string of the molecule is Cc1ccc(C(=O)N(Cc2cccc(Cl)c2)C2CCS(=O)(=O)C2)cc1. The van der Waals surface area contributed by atoms with E-state index in [0.717, 1.165) is 11.1 Å². The van der Waals surface area contributed by atoms with E-state index in [4.69, 9.17) is 11.6 Å². The van der Waals surface area contributed by atoms with Gasteiger partial charge in [-0.2, -0.15) is 0 Å². The third-order valence-electron chi connectivity index (χ3n) is 4.45. The number of benzene rings is 2. The fraction of sp³-hybridized carbons (Fsp3) is 0.316. The molecule has 3 rings (SSSR count). The van der Waals surface area contributed by atoms with Crippen molar-refractivity contribution in [3.8, 4) is 0 Å². The molecule has 0 aliphatic carbocycles. The molecule has 0 bridgehead atoms. The lowest BCUT2D eigenvalue weighted by atomic mass is 10.1. The zero-order chi connectivity index (χ0) is 18.0. The van der Waals surface area contributed by atoms with Crippen LogP contribution in [0, 0.1) is 6.92 Å². The molecule has 2 aromatic rings. The zero-order valence-corrected chi connectivity index (χ0v) is 15.6. The fourth-order valence-corrected chi connectivity index (χ4v) is 5.03. The molecule has 1 saturated heterocycles. The number of amides is 1. The maximum atomic E-state index is 13.0. The van der Waals surface area contributed by atoms with E-state index in [0.29, 0.717) is 23.6 Å². The summed E-state index contributed by atoms with van der Waals surface area (Å²) in [5, 5.41) is 0.597. The number of carbonyl (C=O) groups excluding carboxylic acids is 1. The van der Waals surface area contributed by atoms with Gasteiger partial charge in [0.05, 0.1) is 11.5 Å². The third-order valence-corrected chi connectivity index (χ3v) is 6.44. The van der Waals surface area contributed by atoms with Gasteiger partial charge >= 0.3 is 0 Å². The Bertz CT molecular complexity index is 878. The second kappa shape index (κ2) is 7.18. The highest BCUT2D eigenvalue weighted by Gasteiger charge is 2.35. The highest BCUT2D eigenvalue weighted by molar-refractivity contribution is 7.91. The predicted octanol–water partition coefficient (Wildman–Crippen LogP) is 3.48. The van der Waals surface area contributed by atoms with Crippen LogP contribution in [0.25, 0.3) is 0 Å². The number of nitrogens with zero attached hydrogens (tertiary/aromatic N) is 1. The average Bonchev–Trinajstić information content (AvgIpc) is 2.92. The van der Waals surface area contributed by atoms with Gasteiger partial charge in [0.2, 0.25) is 0 Å². The normalized spacial score (nSPS) is 18.9. The van der Waals surface area contributed by atoms with Crippen LogP contribution in [0.5, 0.6) is 0 Å². The molecular formula is C19H20ClNO3S. The second-order valence-corrected chi connectivity index (χ2v) is 9.15. The molecule has 1 unspecified atom stereocenters. The van der Waals surface area contributed by atoms with Crippen molar-refractivity contribution in [2.75, 3.05) is 11.5 Å². The van der Waals surface area contributed by atoms with Crippen LogP contribution in [0.1, 0.15) is 27.9 Å². The molecule has 1 amide bonds. The van der Waals surface area contributed by atoms with Crippen LogP contribution >= 0.6 is 11.6 Å². The van der Waals surface area contributed by atoms with Gasteiger partial charge in [-0.25, -0.2) is 8.42 Å². The molecule has 1 aliphatic heterocycles. The second-order valence-electron chi connectivity index (χ2n) is 6.49. The van der Waals surface area contributed by atoms with Crippen LogP contribution in [-0.4, -0.2) is 36.8 Å². The molecule has 1 heterocycles. The summed E-state index contributed by atoms with van der Waals surface area (Å²) >= 11 is 6.05. The topological polar surface area (TPSA) is 54.5 Å². The molecule has 25 heavy (non-hydrogen) atoms. The Hall–Kier alpha value is -1.85. The van der Waals surface area contributed by atoms with Crippen molar-refractivity contribution in [2.24, 2.45) is 0 Å². The Balaban J connectivity index is 1.91. The lowest BCUT2D eigenvalue weighted by Gasteiger charge is -2.28. The first kappa shape index (κ1) is 18.0. The summed E-state index contributed by atoms with van der Waals surface area (Å²) in [6.07, 6.45) is 0.473. The quantitative estimate of drug-likeness (QED) is 0.819. The minimum absolute atomic E-state index is 0.0190. The smallest absolute Gasteiger partial charge is 0.254 e. The molecule has 0 N–H and O–H groups in total. The third kappa shape index (κ3) is 4.41. The maximum absolute atomic E-state index is 13.0. The average molecular weight is 378 g/mol. The van der Waals surface area contributed by atoms with Gasteiger partial charge in [0, 0.05) is 23.2 Å². The first-order valence-electron chi connectivity index (χ1n) is 8.16. The van der Waals surface area contributed by atoms with Crippen molar-refractivity contribution in [2.45, 2.75) is 25.9 Å². The van der Waals surface area contributed by atoms with Crippen LogP contribution in [0.2, 0.25) is 5.02 Å². The van der Waals surface area contributed by atoms with Crippen LogP contribution in [0.4, 0.5) is 0 Å². The van der Waals surface area contributed by atoms with E-state index in [-0.39, 0.29) is 23.5 Å². The molecule has 1 atom stereocenters. The standard InChI is InChI=1S/C19H20ClNO3S/c1-14-5-7-16(8-6-14)19(22)21(18-9-10-25(23,24)13-18)12-15-3-2-4-17(20)11-15/h2-8,11,18H,9-10,12-13H2,1H3. The molecule has 1 fully saturated rings. The van der Waals surface area contributed by atoms with Gasteiger partial charge in [0.1, 0.15) is 0 Å². The summed E-state index contributed by atoms with van der Waals surface area (Å²) in [6.45, 7) is 2.30. The van der Waals surface area contributed by atoms with E-state index in [2.05, 4.69) is 0 Å². The lowest BCUT2D eigenvalue weighted by Crippen LogP contribution is -2.40. The lowest BCUT2D eigenvalue weighted by molar-refractivity contribution is 0.0681. The molecule has 0 aromatic heterocycles. The first-order chi connectivity index (χ1) is 11.8. The largest absolute Gasteiger partial charge is 0.330 e. The Morgan fingerprint density at radius 2 is 1.92 bits per heavy atom. The molecule has 4 nitrogen and oxygen atoms in total. The number of aryl methyl sites for hydroxylation is 1. The molecule has 1 aliphatic rings. The van der Waals surface area contributed by atoms with Crippen molar-refractivity contribution in [1.82, 2.24) is 4.90 Å². The van der Waals surface area contributed by atoms with Crippen molar-refractivity contribution in [3.05, 3.63) is 70.2 Å². The van der Waals surface area contributed by atoms with Crippen LogP contribution in [0.15, 0.2) is 48.5 Å². The van der Waals surface area contributed by atoms with Crippen LogP contribution < -0.4 is 0 Å². The number of hydrogen-bond acceptors (Lipinski definition) is 3. The van der Waals surface area contributed by atoms with Gasteiger partial charge in [-0.05, 0) is 43.2 Å². The van der Waals surface area contributed by atoms with Crippen LogP contribution in [-0.2, 0) is 16.4 Å². The summed E-state index contributed by atoms with van der Waals surface area (Å²) in [4.78, 5) is 14.7.